The highest BCUT2D eigenvalue weighted by molar-refractivity contribution is 5.96. The molecule has 1 aliphatic heterocycles. The summed E-state index contributed by atoms with van der Waals surface area (Å²) in [6.07, 6.45) is 0. The van der Waals surface area contributed by atoms with Gasteiger partial charge in [-0.2, -0.15) is 0 Å². The van der Waals surface area contributed by atoms with E-state index in [2.05, 4.69) is 5.32 Å². The Labute approximate surface area is 113 Å². The van der Waals surface area contributed by atoms with Crippen LogP contribution in [0, 0.1) is 5.41 Å². The average Bonchev–Trinajstić information content (AvgIpc) is 2.71. The van der Waals surface area contributed by atoms with Crippen LogP contribution in [0.15, 0.2) is 24.3 Å². The van der Waals surface area contributed by atoms with Crippen molar-refractivity contribution >= 4 is 17.3 Å². The largest absolute Gasteiger partial charge is 0.379 e. The molecular formula is C14H21N3O2. The van der Waals surface area contributed by atoms with Crippen molar-refractivity contribution in [2.24, 2.45) is 11.1 Å². The third-order valence-electron chi connectivity index (χ3n) is 3.66. The van der Waals surface area contributed by atoms with E-state index < -0.39 is 5.41 Å². The second-order valence-electron chi connectivity index (χ2n) is 5.44. The quantitative estimate of drug-likeness (QED) is 0.855. The number of ether oxygens (including phenoxy) is 1. The maximum Gasteiger partial charge on any atom is 0.234 e. The lowest BCUT2D eigenvalue weighted by Crippen LogP contribution is -2.47. The molecule has 2 rings (SSSR count). The Kier molecular flexibility index (Phi) is 3.78. The SMILES string of the molecule is CN(C)c1cccc(NC(=O)C2(C)COCC2N)c1. The predicted octanol–water partition coefficient (Wildman–Crippen LogP) is 1.05. The van der Waals surface area contributed by atoms with Crippen molar-refractivity contribution in [2.45, 2.75) is 13.0 Å². The summed E-state index contributed by atoms with van der Waals surface area (Å²) in [7, 11) is 3.92. The molecule has 2 atom stereocenters. The van der Waals surface area contributed by atoms with Gasteiger partial charge in [-0.05, 0) is 25.1 Å². The Morgan fingerprint density at radius 3 is 2.84 bits per heavy atom. The zero-order valence-corrected chi connectivity index (χ0v) is 11.6. The molecule has 1 aromatic rings. The van der Waals surface area contributed by atoms with Crippen molar-refractivity contribution in [1.29, 1.82) is 0 Å². The van der Waals surface area contributed by atoms with Crippen molar-refractivity contribution in [3.05, 3.63) is 24.3 Å². The Balaban J connectivity index is 2.13. The van der Waals surface area contributed by atoms with Gasteiger partial charge in [0.25, 0.3) is 0 Å². The molecule has 0 bridgehead atoms. The molecule has 19 heavy (non-hydrogen) atoms. The summed E-state index contributed by atoms with van der Waals surface area (Å²) < 4.78 is 5.30. The van der Waals surface area contributed by atoms with E-state index in [4.69, 9.17) is 10.5 Å². The van der Waals surface area contributed by atoms with Crippen LogP contribution in [0.5, 0.6) is 0 Å². The van der Waals surface area contributed by atoms with E-state index in [0.29, 0.717) is 13.2 Å². The van der Waals surface area contributed by atoms with E-state index in [-0.39, 0.29) is 11.9 Å². The van der Waals surface area contributed by atoms with Crippen LogP contribution in [0.25, 0.3) is 0 Å². The summed E-state index contributed by atoms with van der Waals surface area (Å²) in [5, 5.41) is 2.92. The molecule has 2 unspecified atom stereocenters. The normalized spacial score (nSPS) is 26.2. The molecule has 1 saturated heterocycles. The van der Waals surface area contributed by atoms with Gasteiger partial charge in [0.05, 0.1) is 18.6 Å². The smallest absolute Gasteiger partial charge is 0.234 e. The Hall–Kier alpha value is -1.59. The fourth-order valence-electron chi connectivity index (χ4n) is 2.06. The van der Waals surface area contributed by atoms with Gasteiger partial charge >= 0.3 is 0 Å². The molecule has 1 aromatic carbocycles. The van der Waals surface area contributed by atoms with Crippen LogP contribution >= 0.6 is 0 Å². The van der Waals surface area contributed by atoms with Gasteiger partial charge in [0, 0.05) is 31.5 Å². The maximum atomic E-state index is 12.3. The minimum Gasteiger partial charge on any atom is -0.379 e. The van der Waals surface area contributed by atoms with Crippen LogP contribution in [-0.2, 0) is 9.53 Å². The lowest BCUT2D eigenvalue weighted by Gasteiger charge is -2.25. The number of nitrogens with two attached hydrogens (primary N) is 1. The number of carbonyl (C=O) groups is 1. The van der Waals surface area contributed by atoms with Crippen molar-refractivity contribution < 1.29 is 9.53 Å². The van der Waals surface area contributed by atoms with Crippen LogP contribution in [0.2, 0.25) is 0 Å². The topological polar surface area (TPSA) is 67.6 Å². The molecule has 0 radical (unpaired) electrons. The fourth-order valence-corrected chi connectivity index (χ4v) is 2.06. The Morgan fingerprint density at radius 1 is 1.53 bits per heavy atom. The third-order valence-corrected chi connectivity index (χ3v) is 3.66. The van der Waals surface area contributed by atoms with Crippen LogP contribution in [-0.4, -0.2) is 39.3 Å². The molecule has 1 fully saturated rings. The van der Waals surface area contributed by atoms with Gasteiger partial charge in [-0.3, -0.25) is 4.79 Å². The first-order chi connectivity index (χ1) is 8.93. The minimum atomic E-state index is -0.659. The number of nitrogens with one attached hydrogen (secondary N) is 1. The first-order valence-corrected chi connectivity index (χ1v) is 6.35. The van der Waals surface area contributed by atoms with Gasteiger partial charge in [-0.1, -0.05) is 6.07 Å². The molecule has 104 valence electrons. The van der Waals surface area contributed by atoms with E-state index in [1.807, 2.05) is 50.2 Å². The van der Waals surface area contributed by atoms with Gasteiger partial charge in [-0.15, -0.1) is 0 Å². The van der Waals surface area contributed by atoms with Crippen molar-refractivity contribution in [1.82, 2.24) is 0 Å². The highest BCUT2D eigenvalue weighted by atomic mass is 16.5. The van der Waals surface area contributed by atoms with Crippen molar-refractivity contribution in [3.8, 4) is 0 Å². The monoisotopic (exact) mass is 263 g/mol. The highest BCUT2D eigenvalue weighted by Crippen LogP contribution is 2.29. The fraction of sp³-hybridized carbons (Fsp3) is 0.500. The molecule has 0 spiro atoms. The lowest BCUT2D eigenvalue weighted by molar-refractivity contribution is -0.125. The molecule has 0 aromatic heterocycles. The molecule has 1 amide bonds. The van der Waals surface area contributed by atoms with Crippen LogP contribution < -0.4 is 16.0 Å². The first kappa shape index (κ1) is 13.8. The van der Waals surface area contributed by atoms with Crippen molar-refractivity contribution in [2.75, 3.05) is 37.5 Å². The van der Waals surface area contributed by atoms with Gasteiger partial charge in [0.2, 0.25) is 5.91 Å². The second kappa shape index (κ2) is 5.19. The molecule has 0 aliphatic carbocycles. The molecular weight excluding hydrogens is 242 g/mol. The number of nitrogens with zero attached hydrogens (tertiary/aromatic N) is 1. The van der Waals surface area contributed by atoms with Crippen LogP contribution in [0.4, 0.5) is 11.4 Å². The van der Waals surface area contributed by atoms with E-state index in [9.17, 15) is 4.79 Å². The van der Waals surface area contributed by atoms with Gasteiger partial charge in [0.1, 0.15) is 0 Å². The first-order valence-electron chi connectivity index (χ1n) is 6.35. The van der Waals surface area contributed by atoms with E-state index in [0.717, 1.165) is 11.4 Å². The van der Waals surface area contributed by atoms with Crippen LogP contribution in [0.3, 0.4) is 0 Å². The van der Waals surface area contributed by atoms with Gasteiger partial charge in [-0.25, -0.2) is 0 Å². The Morgan fingerprint density at radius 2 is 2.26 bits per heavy atom. The average molecular weight is 263 g/mol. The standard InChI is InChI=1S/C14H21N3O2/c1-14(9-19-8-12(14)15)13(18)16-10-5-4-6-11(7-10)17(2)3/h4-7,12H,8-9,15H2,1-3H3,(H,16,18). The Bertz CT molecular complexity index is 476. The number of amides is 1. The van der Waals surface area contributed by atoms with Crippen LogP contribution in [0.1, 0.15) is 6.92 Å². The number of benzene rings is 1. The zero-order valence-electron chi connectivity index (χ0n) is 11.6. The van der Waals surface area contributed by atoms with Gasteiger partial charge in [0.15, 0.2) is 0 Å². The number of hydrogen-bond acceptors (Lipinski definition) is 4. The van der Waals surface area contributed by atoms with Crippen molar-refractivity contribution in [3.63, 3.8) is 0 Å². The maximum absolute atomic E-state index is 12.3. The molecule has 1 aliphatic rings. The molecule has 3 N–H and O–H groups in total. The molecule has 5 nitrogen and oxygen atoms in total. The lowest BCUT2D eigenvalue weighted by atomic mass is 9.85. The molecule has 0 saturated carbocycles. The number of anilines is 2. The highest BCUT2D eigenvalue weighted by Gasteiger charge is 2.44. The molecule has 1 heterocycles. The summed E-state index contributed by atoms with van der Waals surface area (Å²) in [5.74, 6) is -0.0894. The zero-order chi connectivity index (χ0) is 14.0. The summed E-state index contributed by atoms with van der Waals surface area (Å²) in [6.45, 7) is 2.64. The summed E-state index contributed by atoms with van der Waals surface area (Å²) in [5.41, 5.74) is 7.10. The second-order valence-corrected chi connectivity index (χ2v) is 5.44. The summed E-state index contributed by atoms with van der Waals surface area (Å²) in [4.78, 5) is 14.3. The minimum absolute atomic E-state index is 0.0894. The number of hydrogen-bond donors (Lipinski definition) is 2. The van der Waals surface area contributed by atoms with E-state index in [1.54, 1.807) is 0 Å². The summed E-state index contributed by atoms with van der Waals surface area (Å²) in [6, 6.07) is 7.45. The number of rotatable bonds is 3. The van der Waals surface area contributed by atoms with Gasteiger partial charge < -0.3 is 20.7 Å². The number of carbonyl (C=O) groups excluding carboxylic acids is 1. The van der Waals surface area contributed by atoms with E-state index in [1.165, 1.54) is 0 Å². The summed E-state index contributed by atoms with van der Waals surface area (Å²) >= 11 is 0. The van der Waals surface area contributed by atoms with E-state index >= 15 is 0 Å². The predicted molar refractivity (Wildman–Crippen MR) is 76.3 cm³/mol. The molecule has 5 heteroatoms. The third kappa shape index (κ3) is 2.72.